The van der Waals surface area contributed by atoms with Crippen LogP contribution >= 0.6 is 23.4 Å². The Labute approximate surface area is 178 Å². The van der Waals surface area contributed by atoms with Crippen molar-refractivity contribution in [1.82, 2.24) is 9.78 Å². The number of aromatic nitrogens is 2. The fourth-order valence-corrected chi connectivity index (χ4v) is 4.89. The summed E-state index contributed by atoms with van der Waals surface area (Å²) in [5, 5.41) is 8.11. The summed E-state index contributed by atoms with van der Waals surface area (Å²) in [6, 6.07) is 13.1. The first-order valence-corrected chi connectivity index (χ1v) is 10.4. The Hall–Kier alpha value is -2.64. The van der Waals surface area contributed by atoms with E-state index in [1.165, 1.54) is 11.8 Å². The number of nitrogens with one attached hydrogen (secondary N) is 1. The minimum Gasteiger partial charge on any atom is -0.497 e. The molecule has 150 valence electrons. The number of nitrogens with zero attached hydrogens (tertiary/aromatic N) is 2. The maximum absolute atomic E-state index is 12.5. The number of halogens is 1. The van der Waals surface area contributed by atoms with E-state index in [-0.39, 0.29) is 11.2 Å². The molecule has 3 aromatic rings. The molecule has 0 radical (unpaired) electrons. The van der Waals surface area contributed by atoms with Gasteiger partial charge in [0.1, 0.15) is 17.3 Å². The van der Waals surface area contributed by atoms with Gasteiger partial charge in [-0.25, -0.2) is 4.68 Å². The molecule has 0 aliphatic carbocycles. The molecule has 1 aromatic heterocycles. The van der Waals surface area contributed by atoms with Crippen molar-refractivity contribution in [3.63, 3.8) is 0 Å². The van der Waals surface area contributed by atoms with Crippen LogP contribution in [0.4, 0.5) is 5.82 Å². The van der Waals surface area contributed by atoms with Crippen molar-refractivity contribution in [2.24, 2.45) is 0 Å². The minimum atomic E-state index is -0.162. The van der Waals surface area contributed by atoms with Crippen LogP contribution in [0, 0.1) is 6.92 Å². The number of carbonyl (C=O) groups excluding carboxylic acids is 1. The SMILES string of the molecule is COc1ccc(OC)c(C2SCC(=O)Nc3c2c(C)nn3-c2ccccc2Cl)c1. The minimum absolute atomic E-state index is 0.0891. The summed E-state index contributed by atoms with van der Waals surface area (Å²) in [7, 11) is 3.26. The highest BCUT2D eigenvalue weighted by Gasteiger charge is 2.32. The van der Waals surface area contributed by atoms with Crippen molar-refractivity contribution in [2.75, 3.05) is 25.3 Å². The fraction of sp³-hybridized carbons (Fsp3) is 0.238. The molecule has 0 saturated heterocycles. The predicted octanol–water partition coefficient (Wildman–Crippen LogP) is 4.63. The van der Waals surface area contributed by atoms with Gasteiger partial charge in [-0.05, 0) is 37.3 Å². The molecule has 1 N–H and O–H groups in total. The van der Waals surface area contributed by atoms with Crippen molar-refractivity contribution in [3.05, 3.63) is 64.3 Å². The third kappa shape index (κ3) is 3.56. The molecule has 4 rings (SSSR count). The molecule has 1 atom stereocenters. The van der Waals surface area contributed by atoms with Gasteiger partial charge in [-0.15, -0.1) is 11.8 Å². The molecule has 0 fully saturated rings. The summed E-state index contributed by atoms with van der Waals surface area (Å²) in [5.41, 5.74) is 3.37. The molecule has 1 unspecified atom stereocenters. The van der Waals surface area contributed by atoms with E-state index in [0.717, 1.165) is 28.3 Å². The Balaban J connectivity index is 1.94. The van der Waals surface area contributed by atoms with Crippen LogP contribution in [0.25, 0.3) is 5.69 Å². The largest absolute Gasteiger partial charge is 0.497 e. The first-order chi connectivity index (χ1) is 14.0. The van der Waals surface area contributed by atoms with Crippen molar-refractivity contribution in [3.8, 4) is 17.2 Å². The number of benzene rings is 2. The average molecular weight is 430 g/mol. The molecule has 29 heavy (non-hydrogen) atoms. The number of ether oxygens (including phenoxy) is 2. The molecule has 2 heterocycles. The third-order valence-corrected chi connectivity index (χ3v) is 6.38. The number of carbonyl (C=O) groups is 1. The summed E-state index contributed by atoms with van der Waals surface area (Å²) in [4.78, 5) is 12.5. The van der Waals surface area contributed by atoms with Gasteiger partial charge in [0, 0.05) is 11.1 Å². The first kappa shape index (κ1) is 19.7. The van der Waals surface area contributed by atoms with Crippen LogP contribution in [0.3, 0.4) is 0 Å². The molecular weight excluding hydrogens is 410 g/mol. The van der Waals surface area contributed by atoms with E-state index in [1.807, 2.05) is 43.3 Å². The average Bonchev–Trinajstić information content (AvgIpc) is 2.93. The van der Waals surface area contributed by atoms with Gasteiger partial charge in [-0.1, -0.05) is 23.7 Å². The van der Waals surface area contributed by atoms with Gasteiger partial charge in [0.05, 0.1) is 41.6 Å². The second kappa shape index (κ2) is 8.00. The topological polar surface area (TPSA) is 65.4 Å². The van der Waals surface area contributed by atoms with E-state index in [4.69, 9.17) is 26.2 Å². The number of rotatable bonds is 4. The molecule has 6 nitrogen and oxygen atoms in total. The number of thioether (sulfide) groups is 1. The fourth-order valence-electron chi connectivity index (χ4n) is 3.47. The van der Waals surface area contributed by atoms with Gasteiger partial charge >= 0.3 is 0 Å². The molecule has 0 spiro atoms. The van der Waals surface area contributed by atoms with E-state index < -0.39 is 0 Å². The number of methoxy groups -OCH3 is 2. The molecule has 1 aliphatic rings. The van der Waals surface area contributed by atoms with E-state index in [9.17, 15) is 4.79 Å². The first-order valence-electron chi connectivity index (χ1n) is 9.01. The second-order valence-electron chi connectivity index (χ2n) is 6.56. The van der Waals surface area contributed by atoms with Gasteiger partial charge in [0.15, 0.2) is 0 Å². The Kier molecular flexibility index (Phi) is 5.43. The Morgan fingerprint density at radius 2 is 2.00 bits per heavy atom. The molecule has 1 aliphatic heterocycles. The summed E-state index contributed by atoms with van der Waals surface area (Å²) in [6.07, 6.45) is 0. The lowest BCUT2D eigenvalue weighted by atomic mass is 10.0. The smallest absolute Gasteiger partial charge is 0.235 e. The van der Waals surface area contributed by atoms with Crippen LogP contribution in [0.2, 0.25) is 5.02 Å². The second-order valence-corrected chi connectivity index (χ2v) is 8.06. The molecule has 8 heteroatoms. The maximum atomic E-state index is 12.5. The Morgan fingerprint density at radius 1 is 1.21 bits per heavy atom. The number of fused-ring (bicyclic) bond motifs is 1. The number of aryl methyl sites for hydroxylation is 1. The Bertz CT molecular complexity index is 1080. The van der Waals surface area contributed by atoms with Gasteiger partial charge < -0.3 is 14.8 Å². The molecule has 2 aromatic carbocycles. The van der Waals surface area contributed by atoms with Gasteiger partial charge in [-0.3, -0.25) is 4.79 Å². The third-order valence-electron chi connectivity index (χ3n) is 4.81. The van der Waals surface area contributed by atoms with Crippen molar-refractivity contribution in [2.45, 2.75) is 12.2 Å². The van der Waals surface area contributed by atoms with Crippen molar-refractivity contribution >= 4 is 35.1 Å². The van der Waals surface area contributed by atoms with Crippen molar-refractivity contribution < 1.29 is 14.3 Å². The highest BCUT2D eigenvalue weighted by atomic mass is 35.5. The van der Waals surface area contributed by atoms with Crippen LogP contribution in [0.5, 0.6) is 11.5 Å². The van der Waals surface area contributed by atoms with Crippen LogP contribution in [-0.4, -0.2) is 35.7 Å². The van der Waals surface area contributed by atoms with Crippen LogP contribution in [-0.2, 0) is 4.79 Å². The summed E-state index contributed by atoms with van der Waals surface area (Å²) < 4.78 is 12.7. The quantitative estimate of drug-likeness (QED) is 0.655. The number of hydrogen-bond acceptors (Lipinski definition) is 5. The highest BCUT2D eigenvalue weighted by Crippen LogP contribution is 2.47. The molecule has 0 bridgehead atoms. The standard InChI is InChI=1S/C21H20ClN3O3S/c1-12-19-20(14-10-13(27-2)8-9-17(14)28-3)29-11-18(26)23-21(19)25(24-12)16-7-5-4-6-15(16)22/h4-10,20H,11H2,1-3H3,(H,23,26). The molecular formula is C21H20ClN3O3S. The maximum Gasteiger partial charge on any atom is 0.235 e. The van der Waals surface area contributed by atoms with Crippen LogP contribution in [0.15, 0.2) is 42.5 Å². The van der Waals surface area contributed by atoms with Crippen molar-refractivity contribution in [1.29, 1.82) is 0 Å². The van der Waals surface area contributed by atoms with Gasteiger partial charge in [0.25, 0.3) is 0 Å². The summed E-state index contributed by atoms with van der Waals surface area (Å²) >= 11 is 7.94. The zero-order valence-electron chi connectivity index (χ0n) is 16.2. The van der Waals surface area contributed by atoms with E-state index in [2.05, 4.69) is 5.32 Å². The van der Waals surface area contributed by atoms with E-state index >= 15 is 0 Å². The van der Waals surface area contributed by atoms with Gasteiger partial charge in [0.2, 0.25) is 5.91 Å². The molecule has 1 amide bonds. The monoisotopic (exact) mass is 429 g/mol. The normalized spacial score (nSPS) is 16.0. The molecule has 0 saturated carbocycles. The number of hydrogen-bond donors (Lipinski definition) is 1. The van der Waals surface area contributed by atoms with Crippen LogP contribution < -0.4 is 14.8 Å². The zero-order chi connectivity index (χ0) is 20.5. The van der Waals surface area contributed by atoms with E-state index in [1.54, 1.807) is 25.0 Å². The van der Waals surface area contributed by atoms with Gasteiger partial charge in [-0.2, -0.15) is 5.10 Å². The van der Waals surface area contributed by atoms with E-state index in [0.29, 0.717) is 22.3 Å². The van der Waals surface area contributed by atoms with Crippen LogP contribution in [0.1, 0.15) is 22.1 Å². The summed E-state index contributed by atoms with van der Waals surface area (Å²) in [5.74, 6) is 2.30. The zero-order valence-corrected chi connectivity index (χ0v) is 17.8. The number of para-hydroxylation sites is 1. The number of anilines is 1. The predicted molar refractivity (Wildman–Crippen MR) is 116 cm³/mol. The highest BCUT2D eigenvalue weighted by molar-refractivity contribution is 8.00. The Morgan fingerprint density at radius 3 is 2.72 bits per heavy atom. The lowest BCUT2D eigenvalue weighted by Gasteiger charge is -2.19. The number of amides is 1. The lowest BCUT2D eigenvalue weighted by molar-refractivity contribution is -0.113. The lowest BCUT2D eigenvalue weighted by Crippen LogP contribution is -2.16. The summed E-state index contributed by atoms with van der Waals surface area (Å²) in [6.45, 7) is 1.93.